The summed E-state index contributed by atoms with van der Waals surface area (Å²) in [4.78, 5) is 27.8. The number of hydrogen-bond donors (Lipinski definition) is 1. The molecule has 1 N–H and O–H groups in total. The molecule has 11 nitrogen and oxygen atoms in total. The molecule has 3 aliphatic heterocycles. The van der Waals surface area contributed by atoms with E-state index in [1.807, 2.05) is 55.1 Å². The van der Waals surface area contributed by atoms with E-state index in [-0.39, 0.29) is 17.6 Å². The van der Waals surface area contributed by atoms with Gasteiger partial charge in [-0.3, -0.25) is 9.80 Å². The van der Waals surface area contributed by atoms with Crippen LogP contribution in [0.4, 0.5) is 21.6 Å². The Bertz CT molecular complexity index is 1670. The molecule has 4 heterocycles. The molecule has 1 fully saturated rings. The highest BCUT2D eigenvalue weighted by Crippen LogP contribution is 2.43. The minimum atomic E-state index is -0.488. The molecular formula is C32H35FN8O3. The molecule has 6 rings (SSSR count). The van der Waals surface area contributed by atoms with Gasteiger partial charge in [0.2, 0.25) is 5.91 Å². The van der Waals surface area contributed by atoms with Crippen LogP contribution in [0.3, 0.4) is 0 Å². The number of piperazine rings is 1. The fraction of sp³-hybridized carbons (Fsp3) is 0.312. The highest BCUT2D eigenvalue weighted by atomic mass is 19.1. The molecule has 0 bridgehead atoms. The second-order valence-electron chi connectivity index (χ2n) is 10.9. The quantitative estimate of drug-likeness (QED) is 0.303. The molecule has 44 heavy (non-hydrogen) atoms. The van der Waals surface area contributed by atoms with E-state index in [9.17, 15) is 4.79 Å². The average Bonchev–Trinajstić information content (AvgIpc) is 3.02. The Morgan fingerprint density at radius 1 is 1.25 bits per heavy atom. The number of anilines is 3. The Morgan fingerprint density at radius 2 is 2.14 bits per heavy atom. The zero-order valence-electron chi connectivity index (χ0n) is 25.0. The highest BCUT2D eigenvalue weighted by Gasteiger charge is 2.35. The number of likely N-dealkylation sites (N-methyl/N-ethyl adjacent to an activating group) is 1. The minimum Gasteiger partial charge on any atom is -0.488 e. The first-order chi connectivity index (χ1) is 21.4. The van der Waals surface area contributed by atoms with Crippen molar-refractivity contribution in [2.75, 3.05) is 63.6 Å². The van der Waals surface area contributed by atoms with Crippen molar-refractivity contribution in [3.8, 4) is 11.5 Å². The van der Waals surface area contributed by atoms with Crippen LogP contribution in [0.2, 0.25) is 0 Å². The molecule has 3 aromatic rings. The number of hydrazone groups is 1. The van der Waals surface area contributed by atoms with Gasteiger partial charge in [-0.25, -0.2) is 14.4 Å². The number of nitrogens with one attached hydrogen (secondary N) is 1. The predicted molar refractivity (Wildman–Crippen MR) is 169 cm³/mol. The smallest absolute Gasteiger partial charge is 0.246 e. The second-order valence-corrected chi connectivity index (χ2v) is 10.9. The van der Waals surface area contributed by atoms with Gasteiger partial charge in [-0.2, -0.15) is 5.10 Å². The Morgan fingerprint density at radius 3 is 2.91 bits per heavy atom. The molecule has 1 aromatic heterocycles. The predicted octanol–water partition coefficient (Wildman–Crippen LogP) is 4.14. The first-order valence-electron chi connectivity index (χ1n) is 14.5. The SMILES string of the molecule is C/C=N\N1C=CC(Oc2ccc(Nc3ncnc4ccc5c(c34)OCC3CN(C(=O)/C=C/CN(C)C)CCN53)c(F)c2)=CC1. The number of carbonyl (C=O) groups is 1. The van der Waals surface area contributed by atoms with Gasteiger partial charge >= 0.3 is 0 Å². The van der Waals surface area contributed by atoms with Crippen LogP contribution in [0.15, 0.2) is 78.0 Å². The lowest BCUT2D eigenvalue weighted by molar-refractivity contribution is -0.127. The first kappa shape index (κ1) is 29.1. The number of halogens is 1. The number of benzene rings is 2. The van der Waals surface area contributed by atoms with Gasteiger partial charge in [-0.1, -0.05) is 6.08 Å². The van der Waals surface area contributed by atoms with Crippen molar-refractivity contribution in [2.45, 2.75) is 13.0 Å². The number of allylic oxidation sites excluding steroid dienone is 1. The van der Waals surface area contributed by atoms with E-state index in [0.717, 1.165) is 5.69 Å². The van der Waals surface area contributed by atoms with Crippen molar-refractivity contribution in [2.24, 2.45) is 5.10 Å². The van der Waals surface area contributed by atoms with Crippen LogP contribution in [-0.4, -0.2) is 96.4 Å². The Labute approximate surface area is 255 Å². The molecule has 12 heteroatoms. The molecule has 1 amide bonds. The highest BCUT2D eigenvalue weighted by molar-refractivity contribution is 6.00. The van der Waals surface area contributed by atoms with Gasteiger partial charge in [0.1, 0.15) is 36.1 Å². The molecule has 2 aromatic carbocycles. The topological polar surface area (TPSA) is 98.7 Å². The van der Waals surface area contributed by atoms with Crippen LogP contribution >= 0.6 is 0 Å². The lowest BCUT2D eigenvalue weighted by atomic mass is 10.1. The Balaban J connectivity index is 1.19. The van der Waals surface area contributed by atoms with Crippen LogP contribution < -0.4 is 19.7 Å². The maximum Gasteiger partial charge on any atom is 0.246 e. The van der Waals surface area contributed by atoms with E-state index in [1.165, 1.54) is 12.4 Å². The van der Waals surface area contributed by atoms with Crippen molar-refractivity contribution < 1.29 is 18.7 Å². The lowest BCUT2D eigenvalue weighted by Gasteiger charge is -2.45. The third-order valence-electron chi connectivity index (χ3n) is 7.57. The van der Waals surface area contributed by atoms with Crippen molar-refractivity contribution in [1.82, 2.24) is 24.8 Å². The first-order valence-corrected chi connectivity index (χ1v) is 14.5. The molecule has 0 spiro atoms. The number of ether oxygens (including phenoxy) is 2. The Hall–Kier alpha value is -4.97. The van der Waals surface area contributed by atoms with E-state index in [4.69, 9.17) is 9.47 Å². The minimum absolute atomic E-state index is 0.00872. The lowest BCUT2D eigenvalue weighted by Crippen LogP contribution is -2.58. The van der Waals surface area contributed by atoms with Crippen LogP contribution in [0, 0.1) is 5.82 Å². The number of rotatable bonds is 8. The molecular weight excluding hydrogens is 563 g/mol. The molecule has 228 valence electrons. The van der Waals surface area contributed by atoms with E-state index in [2.05, 4.69) is 25.3 Å². The van der Waals surface area contributed by atoms with Gasteiger partial charge in [0.25, 0.3) is 0 Å². The third kappa shape index (κ3) is 6.20. The van der Waals surface area contributed by atoms with Gasteiger partial charge < -0.3 is 29.5 Å². The summed E-state index contributed by atoms with van der Waals surface area (Å²) in [5.74, 6) is 1.59. The number of nitrogens with zero attached hydrogens (tertiary/aromatic N) is 7. The summed E-state index contributed by atoms with van der Waals surface area (Å²) in [6.07, 6.45) is 12.1. The maximum atomic E-state index is 15.3. The van der Waals surface area contributed by atoms with Gasteiger partial charge in [-0.15, -0.1) is 0 Å². The largest absolute Gasteiger partial charge is 0.488 e. The summed E-state index contributed by atoms with van der Waals surface area (Å²) in [7, 11) is 3.93. The van der Waals surface area contributed by atoms with Crippen LogP contribution in [0.25, 0.3) is 10.9 Å². The molecule has 1 unspecified atom stereocenters. The van der Waals surface area contributed by atoms with E-state index < -0.39 is 5.82 Å². The summed E-state index contributed by atoms with van der Waals surface area (Å²) in [6.45, 7) is 5.37. The fourth-order valence-electron chi connectivity index (χ4n) is 5.45. The van der Waals surface area contributed by atoms with Crippen LogP contribution in [0.5, 0.6) is 11.5 Å². The average molecular weight is 599 g/mol. The normalized spacial score (nSPS) is 18.1. The van der Waals surface area contributed by atoms with Gasteiger partial charge in [-0.05, 0) is 57.4 Å². The standard InChI is InChI=1S/C32H35FN8O3/c1-4-36-40-14-11-23(12-15-40)44-24-7-8-26(25(33)18-24)37-32-30-27(34-21-35-32)9-10-28-31(30)43-20-22-19-39(16-17-41(22)28)29(42)6-5-13-38(2)3/h4-12,14,18,21-22H,13,15-17,19-20H2,1-3H3,(H,34,35,37)/b6-5+,36-4-. The molecule has 1 saturated heterocycles. The number of hydrogen-bond acceptors (Lipinski definition) is 10. The molecule has 0 aliphatic carbocycles. The van der Waals surface area contributed by atoms with Crippen LogP contribution in [-0.2, 0) is 4.79 Å². The van der Waals surface area contributed by atoms with E-state index in [0.29, 0.717) is 73.3 Å². The number of fused-ring (bicyclic) bond motifs is 5. The third-order valence-corrected chi connectivity index (χ3v) is 7.57. The number of amides is 1. The number of aromatic nitrogens is 2. The monoisotopic (exact) mass is 598 g/mol. The van der Waals surface area contributed by atoms with Gasteiger partial charge in [0.05, 0.1) is 34.9 Å². The van der Waals surface area contributed by atoms with E-state index in [1.54, 1.807) is 41.7 Å². The summed E-state index contributed by atoms with van der Waals surface area (Å²) in [5.41, 5.74) is 1.83. The van der Waals surface area contributed by atoms with Crippen molar-refractivity contribution in [1.29, 1.82) is 0 Å². The second kappa shape index (κ2) is 12.7. The zero-order valence-corrected chi connectivity index (χ0v) is 25.0. The zero-order chi connectivity index (χ0) is 30.6. The van der Waals surface area contributed by atoms with Crippen LogP contribution in [0.1, 0.15) is 6.92 Å². The summed E-state index contributed by atoms with van der Waals surface area (Å²) in [6, 6.07) is 8.58. The van der Waals surface area contributed by atoms with Crippen molar-refractivity contribution >= 4 is 40.2 Å². The molecule has 0 radical (unpaired) electrons. The Kier molecular flexibility index (Phi) is 8.42. The number of carbonyl (C=O) groups excluding carboxylic acids is 1. The summed E-state index contributed by atoms with van der Waals surface area (Å²) >= 11 is 0. The maximum absolute atomic E-state index is 15.3. The van der Waals surface area contributed by atoms with Crippen molar-refractivity contribution in [3.63, 3.8) is 0 Å². The van der Waals surface area contributed by atoms with Gasteiger partial charge in [0, 0.05) is 50.7 Å². The summed E-state index contributed by atoms with van der Waals surface area (Å²) < 4.78 is 27.5. The van der Waals surface area contributed by atoms with Gasteiger partial charge in [0.15, 0.2) is 5.75 Å². The van der Waals surface area contributed by atoms with E-state index >= 15 is 4.39 Å². The summed E-state index contributed by atoms with van der Waals surface area (Å²) in [5, 5.41) is 9.77. The fourth-order valence-corrected chi connectivity index (χ4v) is 5.45. The van der Waals surface area contributed by atoms with Crippen molar-refractivity contribution in [3.05, 3.63) is 78.7 Å². The molecule has 0 saturated carbocycles. The molecule has 1 atom stereocenters. The molecule has 3 aliphatic rings.